The number of nitrogens with zero attached hydrogens (tertiary/aromatic N) is 2. The van der Waals surface area contributed by atoms with E-state index in [0.717, 1.165) is 23.1 Å². The van der Waals surface area contributed by atoms with Crippen LogP contribution in [0.5, 0.6) is 5.88 Å². The Morgan fingerprint density at radius 3 is 2.70 bits per heavy atom. The van der Waals surface area contributed by atoms with Crippen LogP contribution in [0.15, 0.2) is 40.3 Å². The molecule has 5 heteroatoms. The molecule has 1 aromatic heterocycles. The molecule has 2 aromatic rings. The van der Waals surface area contributed by atoms with E-state index in [1.165, 1.54) is 11.8 Å². The highest BCUT2D eigenvalue weighted by Gasteiger charge is 2.13. The molecule has 0 radical (unpaired) electrons. The molecule has 4 nitrogen and oxygen atoms in total. The number of benzene rings is 1. The SMILES string of the molecule is Cc1ccccc1-n1c(SCC(C)C)nc(O)cc1=O. The standard InChI is InChI=1S/C15H18N2O2S/c1-10(2)9-20-15-16-13(18)8-14(19)17(15)12-7-5-4-6-11(12)3/h4-8,10,18H,9H2,1-3H3. The van der Waals surface area contributed by atoms with Gasteiger partial charge in [-0.05, 0) is 24.5 Å². The third-order valence-electron chi connectivity index (χ3n) is 2.78. The fraction of sp³-hybridized carbons (Fsp3) is 0.333. The first kappa shape index (κ1) is 14.7. The second kappa shape index (κ2) is 6.13. The van der Waals surface area contributed by atoms with Crippen LogP contribution in [0.1, 0.15) is 19.4 Å². The minimum Gasteiger partial charge on any atom is -0.493 e. The Bertz CT molecular complexity index is 665. The number of para-hydroxylation sites is 1. The molecule has 0 saturated carbocycles. The molecule has 0 bridgehead atoms. The smallest absolute Gasteiger partial charge is 0.262 e. The summed E-state index contributed by atoms with van der Waals surface area (Å²) in [4.78, 5) is 16.3. The van der Waals surface area contributed by atoms with Gasteiger partial charge in [0, 0.05) is 5.75 Å². The van der Waals surface area contributed by atoms with Crippen LogP contribution >= 0.6 is 11.8 Å². The van der Waals surface area contributed by atoms with Gasteiger partial charge in [-0.15, -0.1) is 0 Å². The van der Waals surface area contributed by atoms with E-state index >= 15 is 0 Å². The highest BCUT2D eigenvalue weighted by molar-refractivity contribution is 7.99. The maximum absolute atomic E-state index is 12.2. The van der Waals surface area contributed by atoms with Crippen molar-refractivity contribution >= 4 is 11.8 Å². The fourth-order valence-corrected chi connectivity index (χ4v) is 2.78. The largest absolute Gasteiger partial charge is 0.493 e. The first-order valence-corrected chi connectivity index (χ1v) is 7.49. The third-order valence-corrected chi connectivity index (χ3v) is 4.14. The maximum atomic E-state index is 12.2. The molecule has 0 unspecified atom stereocenters. The van der Waals surface area contributed by atoms with Crippen LogP contribution in [-0.4, -0.2) is 20.4 Å². The number of thioether (sulfide) groups is 1. The maximum Gasteiger partial charge on any atom is 0.262 e. The topological polar surface area (TPSA) is 55.1 Å². The Hall–Kier alpha value is -1.75. The van der Waals surface area contributed by atoms with Gasteiger partial charge >= 0.3 is 0 Å². The van der Waals surface area contributed by atoms with Gasteiger partial charge in [0.25, 0.3) is 5.56 Å². The lowest BCUT2D eigenvalue weighted by molar-refractivity contribution is 0.440. The number of aryl methyl sites for hydroxylation is 1. The lowest BCUT2D eigenvalue weighted by Crippen LogP contribution is -2.21. The van der Waals surface area contributed by atoms with Crippen LogP contribution in [0.25, 0.3) is 5.69 Å². The first-order valence-electron chi connectivity index (χ1n) is 6.51. The number of hydrogen-bond acceptors (Lipinski definition) is 4. The van der Waals surface area contributed by atoms with E-state index in [1.54, 1.807) is 4.57 Å². The number of rotatable bonds is 4. The molecule has 1 N–H and O–H groups in total. The van der Waals surface area contributed by atoms with Crippen molar-refractivity contribution in [3.05, 3.63) is 46.2 Å². The minimum absolute atomic E-state index is 0.230. The van der Waals surface area contributed by atoms with E-state index in [-0.39, 0.29) is 11.4 Å². The summed E-state index contributed by atoms with van der Waals surface area (Å²) in [5.41, 5.74) is 1.53. The zero-order chi connectivity index (χ0) is 14.7. The summed E-state index contributed by atoms with van der Waals surface area (Å²) < 4.78 is 1.56. The average Bonchev–Trinajstić information content (AvgIpc) is 2.37. The predicted molar refractivity (Wildman–Crippen MR) is 81.8 cm³/mol. The molecular weight excluding hydrogens is 272 g/mol. The van der Waals surface area contributed by atoms with Crippen molar-refractivity contribution in [1.29, 1.82) is 0 Å². The molecular formula is C15H18N2O2S. The summed E-state index contributed by atoms with van der Waals surface area (Å²) >= 11 is 1.48. The van der Waals surface area contributed by atoms with E-state index in [2.05, 4.69) is 18.8 Å². The summed E-state index contributed by atoms with van der Waals surface area (Å²) in [6, 6.07) is 8.80. The van der Waals surface area contributed by atoms with Crippen LogP contribution in [0.4, 0.5) is 0 Å². The van der Waals surface area contributed by atoms with Gasteiger partial charge in [-0.3, -0.25) is 9.36 Å². The number of aromatic hydroxyl groups is 1. The van der Waals surface area contributed by atoms with Crippen LogP contribution in [-0.2, 0) is 0 Å². The Kier molecular flexibility index (Phi) is 4.49. The zero-order valence-electron chi connectivity index (χ0n) is 11.8. The molecule has 106 valence electrons. The molecule has 0 fully saturated rings. The van der Waals surface area contributed by atoms with Crippen LogP contribution in [0.3, 0.4) is 0 Å². The zero-order valence-corrected chi connectivity index (χ0v) is 12.6. The molecule has 0 atom stereocenters. The summed E-state index contributed by atoms with van der Waals surface area (Å²) in [6.07, 6.45) is 0. The Labute approximate surface area is 122 Å². The number of aromatic nitrogens is 2. The molecule has 20 heavy (non-hydrogen) atoms. The van der Waals surface area contributed by atoms with E-state index in [1.807, 2.05) is 31.2 Å². The first-order chi connectivity index (χ1) is 9.49. The van der Waals surface area contributed by atoms with Crippen molar-refractivity contribution < 1.29 is 5.11 Å². The van der Waals surface area contributed by atoms with E-state index < -0.39 is 0 Å². The fourth-order valence-electron chi connectivity index (χ4n) is 1.82. The van der Waals surface area contributed by atoms with Crippen molar-refractivity contribution in [3.8, 4) is 11.6 Å². The molecule has 0 aliphatic rings. The third kappa shape index (κ3) is 3.22. The lowest BCUT2D eigenvalue weighted by Gasteiger charge is -2.14. The number of hydrogen-bond donors (Lipinski definition) is 1. The Balaban J connectivity index is 2.56. The van der Waals surface area contributed by atoms with Crippen molar-refractivity contribution in [2.45, 2.75) is 25.9 Å². The second-order valence-electron chi connectivity index (χ2n) is 5.06. The van der Waals surface area contributed by atoms with Gasteiger partial charge in [0.15, 0.2) is 5.16 Å². The van der Waals surface area contributed by atoms with Gasteiger partial charge in [-0.1, -0.05) is 43.8 Å². The molecule has 1 heterocycles. The van der Waals surface area contributed by atoms with Crippen molar-refractivity contribution in [2.24, 2.45) is 5.92 Å². The average molecular weight is 290 g/mol. The van der Waals surface area contributed by atoms with Gasteiger partial charge in [0.05, 0.1) is 11.8 Å². The highest BCUT2D eigenvalue weighted by Crippen LogP contribution is 2.23. The Morgan fingerprint density at radius 1 is 1.35 bits per heavy atom. The monoisotopic (exact) mass is 290 g/mol. The lowest BCUT2D eigenvalue weighted by atomic mass is 10.2. The quantitative estimate of drug-likeness (QED) is 0.694. The normalized spacial score (nSPS) is 11.0. The van der Waals surface area contributed by atoms with Gasteiger partial charge < -0.3 is 5.11 Å². The summed E-state index contributed by atoms with van der Waals surface area (Å²) in [5, 5.41) is 10.1. The van der Waals surface area contributed by atoms with Crippen molar-refractivity contribution in [3.63, 3.8) is 0 Å². The van der Waals surface area contributed by atoms with Crippen LogP contribution in [0.2, 0.25) is 0 Å². The predicted octanol–water partition coefficient (Wildman–Crippen LogP) is 2.99. The molecule has 0 spiro atoms. The molecule has 1 aromatic carbocycles. The van der Waals surface area contributed by atoms with E-state index in [0.29, 0.717) is 11.1 Å². The van der Waals surface area contributed by atoms with Crippen molar-refractivity contribution in [2.75, 3.05) is 5.75 Å². The van der Waals surface area contributed by atoms with E-state index in [9.17, 15) is 9.90 Å². The molecule has 0 aliphatic carbocycles. The van der Waals surface area contributed by atoms with Gasteiger partial charge in [-0.2, -0.15) is 4.98 Å². The summed E-state index contributed by atoms with van der Waals surface area (Å²) in [7, 11) is 0. The Morgan fingerprint density at radius 2 is 2.05 bits per heavy atom. The molecule has 0 saturated heterocycles. The molecule has 0 aliphatic heterocycles. The van der Waals surface area contributed by atoms with Gasteiger partial charge in [-0.25, -0.2) is 0 Å². The highest BCUT2D eigenvalue weighted by atomic mass is 32.2. The van der Waals surface area contributed by atoms with Crippen molar-refractivity contribution in [1.82, 2.24) is 9.55 Å². The summed E-state index contributed by atoms with van der Waals surface area (Å²) in [6.45, 7) is 6.16. The van der Waals surface area contributed by atoms with Crippen LogP contribution in [0, 0.1) is 12.8 Å². The van der Waals surface area contributed by atoms with Gasteiger partial charge in [0.2, 0.25) is 5.88 Å². The minimum atomic E-state index is -0.266. The van der Waals surface area contributed by atoms with E-state index in [4.69, 9.17) is 0 Å². The summed E-state index contributed by atoms with van der Waals surface area (Å²) in [5.74, 6) is 1.08. The second-order valence-corrected chi connectivity index (χ2v) is 6.05. The van der Waals surface area contributed by atoms with Gasteiger partial charge in [0.1, 0.15) is 0 Å². The van der Waals surface area contributed by atoms with Crippen LogP contribution < -0.4 is 5.56 Å². The molecule has 0 amide bonds. The molecule has 2 rings (SSSR count).